The number of hydrogen-bond donors (Lipinski definition) is 1. The zero-order valence-electron chi connectivity index (χ0n) is 14.9. The van der Waals surface area contributed by atoms with Crippen LogP contribution in [0.2, 0.25) is 5.02 Å². The largest absolute Gasteiger partial charge is 0.478 e. The fraction of sp³-hybridized carbons (Fsp3) is 0.556. The van der Waals surface area contributed by atoms with Gasteiger partial charge in [-0.25, -0.2) is 4.79 Å². The van der Waals surface area contributed by atoms with Crippen molar-refractivity contribution in [1.29, 1.82) is 0 Å². The van der Waals surface area contributed by atoms with Crippen molar-refractivity contribution in [1.82, 2.24) is 10.2 Å². The Morgan fingerprint density at radius 1 is 1.24 bits per heavy atom. The number of carbonyl (C=O) groups is 2. The van der Waals surface area contributed by atoms with Gasteiger partial charge in [0.05, 0.1) is 6.61 Å². The molecule has 0 atom stereocenters. The maximum atomic E-state index is 12.6. The van der Waals surface area contributed by atoms with E-state index in [-0.39, 0.29) is 18.0 Å². The summed E-state index contributed by atoms with van der Waals surface area (Å²) >= 11 is 5.86. The Hall–Kier alpha value is -1.95. The molecule has 138 valence electrons. The molecule has 6 nitrogen and oxygen atoms in total. The van der Waals surface area contributed by atoms with Crippen LogP contribution in [0.1, 0.15) is 33.6 Å². The van der Waals surface area contributed by atoms with E-state index in [1.165, 1.54) is 0 Å². The summed E-state index contributed by atoms with van der Waals surface area (Å²) in [5.74, 6) is 0.402. The molecular formula is C18H25ClN2O4. The number of nitrogens with one attached hydrogen (secondary N) is 1. The van der Waals surface area contributed by atoms with Crippen LogP contribution in [0.3, 0.4) is 0 Å². The molecule has 1 aliphatic heterocycles. The predicted molar refractivity (Wildman–Crippen MR) is 95.9 cm³/mol. The Morgan fingerprint density at radius 3 is 2.40 bits per heavy atom. The molecule has 1 heterocycles. The highest BCUT2D eigenvalue weighted by Gasteiger charge is 2.33. The van der Waals surface area contributed by atoms with Gasteiger partial charge in [-0.15, -0.1) is 0 Å². The second kappa shape index (κ2) is 8.43. The maximum absolute atomic E-state index is 12.6. The number of carbonyl (C=O) groups excluding carboxylic acids is 2. The molecule has 1 fully saturated rings. The Morgan fingerprint density at radius 2 is 1.84 bits per heavy atom. The molecule has 2 rings (SSSR count). The standard InChI is InChI=1S/C18H25ClN2O4/c1-4-24-17(23)21-11-9-14(10-12-21)20-16(22)18(2,3)25-15-7-5-13(19)6-8-15/h5-8,14H,4,9-12H2,1-3H3,(H,20,22). The average Bonchev–Trinajstić information content (AvgIpc) is 2.57. The lowest BCUT2D eigenvalue weighted by atomic mass is 10.0. The van der Waals surface area contributed by atoms with Crippen LogP contribution in [0, 0.1) is 0 Å². The number of halogens is 1. The van der Waals surface area contributed by atoms with E-state index in [2.05, 4.69) is 5.32 Å². The van der Waals surface area contributed by atoms with Crippen molar-refractivity contribution in [2.75, 3.05) is 19.7 Å². The third kappa shape index (κ3) is 5.53. The number of amides is 2. The van der Waals surface area contributed by atoms with E-state index in [4.69, 9.17) is 21.1 Å². The first kappa shape index (κ1) is 19.4. The van der Waals surface area contributed by atoms with Gasteiger partial charge >= 0.3 is 6.09 Å². The monoisotopic (exact) mass is 368 g/mol. The topological polar surface area (TPSA) is 67.9 Å². The predicted octanol–water partition coefficient (Wildman–Crippen LogP) is 3.23. The van der Waals surface area contributed by atoms with Crippen LogP contribution < -0.4 is 10.1 Å². The summed E-state index contributed by atoms with van der Waals surface area (Å²) in [6.45, 7) is 6.75. The van der Waals surface area contributed by atoms with Crippen LogP contribution in [0.15, 0.2) is 24.3 Å². The minimum absolute atomic E-state index is 0.0197. The summed E-state index contributed by atoms with van der Waals surface area (Å²) in [5.41, 5.74) is -1.01. The Bertz CT molecular complexity index is 596. The molecule has 0 aromatic heterocycles. The number of hydrogen-bond acceptors (Lipinski definition) is 4. The van der Waals surface area contributed by atoms with Gasteiger partial charge in [0.25, 0.3) is 5.91 Å². The molecular weight excluding hydrogens is 344 g/mol. The van der Waals surface area contributed by atoms with E-state index in [1.54, 1.807) is 49.9 Å². The van der Waals surface area contributed by atoms with E-state index < -0.39 is 5.60 Å². The summed E-state index contributed by atoms with van der Waals surface area (Å²) < 4.78 is 10.8. The van der Waals surface area contributed by atoms with Gasteiger partial charge in [-0.2, -0.15) is 0 Å². The third-order valence-electron chi connectivity index (χ3n) is 4.09. The van der Waals surface area contributed by atoms with Crippen LogP contribution in [-0.4, -0.2) is 48.2 Å². The van der Waals surface area contributed by atoms with Gasteiger partial charge in [0, 0.05) is 24.2 Å². The van der Waals surface area contributed by atoms with Gasteiger partial charge in [0.2, 0.25) is 0 Å². The first-order chi connectivity index (χ1) is 11.8. The molecule has 1 saturated heterocycles. The maximum Gasteiger partial charge on any atom is 0.409 e. The van der Waals surface area contributed by atoms with Gasteiger partial charge < -0.3 is 19.7 Å². The summed E-state index contributed by atoms with van der Waals surface area (Å²) in [5, 5.41) is 3.63. The van der Waals surface area contributed by atoms with E-state index in [9.17, 15) is 9.59 Å². The molecule has 1 aromatic rings. The number of benzene rings is 1. The first-order valence-corrected chi connectivity index (χ1v) is 8.87. The van der Waals surface area contributed by atoms with Crippen molar-refractivity contribution in [3.63, 3.8) is 0 Å². The molecule has 1 aromatic carbocycles. The lowest BCUT2D eigenvalue weighted by Crippen LogP contribution is -2.53. The smallest absolute Gasteiger partial charge is 0.409 e. The quantitative estimate of drug-likeness (QED) is 0.866. The molecule has 0 saturated carbocycles. The number of rotatable bonds is 5. The average molecular weight is 369 g/mol. The van der Waals surface area contributed by atoms with Gasteiger partial charge in [-0.05, 0) is 57.9 Å². The Kier molecular flexibility index (Phi) is 6.53. The number of likely N-dealkylation sites (tertiary alicyclic amines) is 1. The molecule has 2 amide bonds. The zero-order valence-corrected chi connectivity index (χ0v) is 15.6. The SMILES string of the molecule is CCOC(=O)N1CCC(NC(=O)C(C)(C)Oc2ccc(Cl)cc2)CC1. The fourth-order valence-electron chi connectivity index (χ4n) is 2.62. The van der Waals surface area contributed by atoms with Gasteiger partial charge in [-0.3, -0.25) is 4.79 Å². The van der Waals surface area contributed by atoms with Crippen molar-refractivity contribution in [2.45, 2.75) is 45.3 Å². The van der Waals surface area contributed by atoms with Crippen LogP contribution in [-0.2, 0) is 9.53 Å². The second-order valence-electron chi connectivity index (χ2n) is 6.50. The summed E-state index contributed by atoms with van der Waals surface area (Å²) in [6, 6.07) is 6.92. The molecule has 0 radical (unpaired) electrons. The minimum Gasteiger partial charge on any atom is -0.478 e. The Labute approximate surface area is 153 Å². The Balaban J connectivity index is 1.84. The van der Waals surface area contributed by atoms with Crippen molar-refractivity contribution in [3.8, 4) is 5.75 Å². The van der Waals surface area contributed by atoms with Crippen molar-refractivity contribution >= 4 is 23.6 Å². The molecule has 0 unspecified atom stereocenters. The van der Waals surface area contributed by atoms with E-state index in [0.717, 1.165) is 0 Å². The molecule has 1 N–H and O–H groups in total. The lowest BCUT2D eigenvalue weighted by Gasteiger charge is -2.34. The second-order valence-corrected chi connectivity index (χ2v) is 6.94. The highest BCUT2D eigenvalue weighted by molar-refractivity contribution is 6.30. The first-order valence-electron chi connectivity index (χ1n) is 8.49. The van der Waals surface area contributed by atoms with E-state index in [0.29, 0.717) is 43.3 Å². The number of nitrogens with zero attached hydrogens (tertiary/aromatic N) is 1. The fourth-order valence-corrected chi connectivity index (χ4v) is 2.75. The highest BCUT2D eigenvalue weighted by atomic mass is 35.5. The zero-order chi connectivity index (χ0) is 18.4. The summed E-state index contributed by atoms with van der Waals surface area (Å²) in [7, 11) is 0. The van der Waals surface area contributed by atoms with Crippen molar-refractivity contribution in [3.05, 3.63) is 29.3 Å². The van der Waals surface area contributed by atoms with Crippen molar-refractivity contribution < 1.29 is 19.1 Å². The van der Waals surface area contributed by atoms with E-state index in [1.807, 2.05) is 0 Å². The van der Waals surface area contributed by atoms with Gasteiger partial charge in [0.15, 0.2) is 5.60 Å². The van der Waals surface area contributed by atoms with Crippen LogP contribution in [0.4, 0.5) is 4.79 Å². The van der Waals surface area contributed by atoms with Crippen LogP contribution in [0.5, 0.6) is 5.75 Å². The highest BCUT2D eigenvalue weighted by Crippen LogP contribution is 2.21. The lowest BCUT2D eigenvalue weighted by molar-refractivity contribution is -0.135. The molecule has 7 heteroatoms. The third-order valence-corrected chi connectivity index (χ3v) is 4.34. The molecule has 0 bridgehead atoms. The normalized spacial score (nSPS) is 15.6. The van der Waals surface area contributed by atoms with Crippen LogP contribution >= 0.6 is 11.6 Å². The van der Waals surface area contributed by atoms with Crippen LogP contribution in [0.25, 0.3) is 0 Å². The molecule has 0 spiro atoms. The van der Waals surface area contributed by atoms with Gasteiger partial charge in [0.1, 0.15) is 5.75 Å². The summed E-state index contributed by atoms with van der Waals surface area (Å²) in [6.07, 6.45) is 1.10. The van der Waals surface area contributed by atoms with E-state index >= 15 is 0 Å². The number of piperidine rings is 1. The molecule has 25 heavy (non-hydrogen) atoms. The van der Waals surface area contributed by atoms with Gasteiger partial charge in [-0.1, -0.05) is 11.6 Å². The van der Waals surface area contributed by atoms with Crippen molar-refractivity contribution in [2.24, 2.45) is 0 Å². The molecule has 1 aliphatic rings. The molecule has 0 aliphatic carbocycles. The number of ether oxygens (including phenoxy) is 2. The summed E-state index contributed by atoms with van der Waals surface area (Å²) in [4.78, 5) is 25.9. The minimum atomic E-state index is -1.01.